The largest absolute Gasteiger partial charge is 0.477 e. The third-order valence-electron chi connectivity index (χ3n) is 1.01. The van der Waals surface area contributed by atoms with Crippen LogP contribution in [0, 0.1) is 6.92 Å². The van der Waals surface area contributed by atoms with Crippen molar-refractivity contribution in [2.24, 2.45) is 0 Å². The molecule has 0 unspecified atom stereocenters. The van der Waals surface area contributed by atoms with Crippen LogP contribution in [-0.2, 0) is 0 Å². The van der Waals surface area contributed by atoms with Crippen molar-refractivity contribution in [1.29, 1.82) is 0 Å². The van der Waals surface area contributed by atoms with Crippen LogP contribution in [0.4, 0.5) is 0 Å². The van der Waals surface area contributed by atoms with Gasteiger partial charge in [0.15, 0.2) is 0 Å². The van der Waals surface area contributed by atoms with Crippen molar-refractivity contribution in [2.75, 3.05) is 0 Å². The van der Waals surface area contributed by atoms with Crippen molar-refractivity contribution in [2.45, 2.75) is 6.92 Å². The maximum absolute atomic E-state index is 10.7. The van der Waals surface area contributed by atoms with Gasteiger partial charge in [-0.15, -0.1) is 0 Å². The Labute approximate surface area is 63.9 Å². The van der Waals surface area contributed by atoms with Crippen LogP contribution in [0.2, 0.25) is 0 Å². The molecule has 0 spiro atoms. The smallest absolute Gasteiger partial charge is 0.341 e. The molecule has 1 N–H and O–H groups in total. The molecule has 0 fully saturated rings. The minimum Gasteiger partial charge on any atom is -0.477 e. The highest BCUT2D eigenvalue weighted by atomic mass is 32.9. The van der Waals surface area contributed by atoms with E-state index in [2.05, 4.69) is 0 Å². The van der Waals surface area contributed by atoms with Gasteiger partial charge < -0.3 is 5.11 Å². The Balaban J connectivity index is 3.37. The molecular weight excluding hydrogens is 172 g/mol. The molecule has 5 heteroatoms. The van der Waals surface area contributed by atoms with Crippen LogP contribution < -0.4 is 4.74 Å². The van der Waals surface area contributed by atoms with Crippen molar-refractivity contribution < 1.29 is 9.90 Å². The summed E-state index contributed by atoms with van der Waals surface area (Å²) in [7, 11) is 2.17. The lowest BCUT2D eigenvalue weighted by atomic mass is 10.3. The van der Waals surface area contributed by atoms with Crippen molar-refractivity contribution in [3.63, 3.8) is 0 Å². The van der Waals surface area contributed by atoms with Gasteiger partial charge in [0.05, 0.1) is 0 Å². The zero-order valence-corrected chi connectivity index (χ0v) is 6.71. The number of hydrogen-bond donors (Lipinski definition) is 1. The van der Waals surface area contributed by atoms with Gasteiger partial charge in [0, 0.05) is 4.88 Å². The molecule has 3 nitrogen and oxygen atoms in total. The lowest BCUT2D eigenvalue weighted by molar-refractivity contribution is 0.0696. The SMILES string of the molecule is Cc1ssc(=O)c1C(=O)O. The van der Waals surface area contributed by atoms with Gasteiger partial charge in [0.2, 0.25) is 0 Å². The van der Waals surface area contributed by atoms with E-state index in [1.54, 1.807) is 6.92 Å². The first-order chi connectivity index (χ1) is 4.63. The first kappa shape index (κ1) is 7.43. The lowest BCUT2D eigenvalue weighted by Gasteiger charge is -1.84. The summed E-state index contributed by atoms with van der Waals surface area (Å²) < 4.78 is -0.352. The zero-order valence-electron chi connectivity index (χ0n) is 5.08. The molecule has 1 rings (SSSR count). The number of hydrogen-bond acceptors (Lipinski definition) is 4. The van der Waals surface area contributed by atoms with Crippen LogP contribution >= 0.6 is 20.7 Å². The summed E-state index contributed by atoms with van der Waals surface area (Å²) in [5.74, 6) is -1.12. The molecule has 0 aliphatic rings. The molecule has 10 heavy (non-hydrogen) atoms. The molecule has 0 aliphatic heterocycles. The summed E-state index contributed by atoms with van der Waals surface area (Å²) in [5, 5.41) is 8.45. The second-order valence-electron chi connectivity index (χ2n) is 1.69. The normalized spacial score (nSPS) is 9.70. The predicted molar refractivity (Wildman–Crippen MR) is 40.2 cm³/mol. The van der Waals surface area contributed by atoms with E-state index in [0.29, 0.717) is 4.88 Å². The molecule has 0 amide bonds. The fraction of sp³-hybridized carbons (Fsp3) is 0.200. The summed E-state index contributed by atoms with van der Waals surface area (Å²) in [6.07, 6.45) is 0. The van der Waals surface area contributed by atoms with Crippen LogP contribution in [0.3, 0.4) is 0 Å². The summed E-state index contributed by atoms with van der Waals surface area (Å²) in [6, 6.07) is 0. The van der Waals surface area contributed by atoms with E-state index in [4.69, 9.17) is 5.11 Å². The van der Waals surface area contributed by atoms with Gasteiger partial charge >= 0.3 is 5.97 Å². The summed E-state index contributed by atoms with van der Waals surface area (Å²) in [4.78, 5) is 21.6. The van der Waals surface area contributed by atoms with E-state index < -0.39 is 5.97 Å². The molecule has 0 bridgehead atoms. The molecule has 0 radical (unpaired) electrons. The first-order valence-electron chi connectivity index (χ1n) is 2.46. The summed E-state index contributed by atoms with van der Waals surface area (Å²) in [6.45, 7) is 1.63. The molecule has 0 atom stereocenters. The molecule has 0 saturated carbocycles. The average molecular weight is 176 g/mol. The Bertz CT molecular complexity index is 309. The van der Waals surface area contributed by atoms with Gasteiger partial charge in [0.25, 0.3) is 4.74 Å². The second-order valence-corrected chi connectivity index (χ2v) is 4.01. The standard InChI is InChI=1S/C5H4O3S2/c1-2-3(4(6)7)5(8)10-9-2/h1H3,(H,6,7). The monoisotopic (exact) mass is 176 g/mol. The van der Waals surface area contributed by atoms with E-state index in [-0.39, 0.29) is 10.3 Å². The van der Waals surface area contributed by atoms with Gasteiger partial charge in [-0.25, -0.2) is 4.79 Å². The Hall–Kier alpha value is -0.680. The molecule has 0 aromatic carbocycles. The molecule has 0 aliphatic carbocycles. The maximum Gasteiger partial charge on any atom is 0.341 e. The van der Waals surface area contributed by atoms with Gasteiger partial charge in [0.1, 0.15) is 5.56 Å². The minimum absolute atomic E-state index is 0.0741. The predicted octanol–water partition coefficient (Wildman–Crippen LogP) is 1.18. The number of carboxylic acids is 1. The highest BCUT2D eigenvalue weighted by Crippen LogP contribution is 2.13. The van der Waals surface area contributed by atoms with Crippen molar-refractivity contribution in [3.05, 3.63) is 20.0 Å². The Morgan fingerprint density at radius 1 is 1.50 bits per heavy atom. The van der Waals surface area contributed by atoms with Crippen LogP contribution in [0.15, 0.2) is 4.79 Å². The highest BCUT2D eigenvalue weighted by molar-refractivity contribution is 7.68. The number of rotatable bonds is 1. The Kier molecular flexibility index (Phi) is 1.87. The molecule has 0 saturated heterocycles. The third-order valence-corrected chi connectivity index (χ3v) is 3.36. The van der Waals surface area contributed by atoms with E-state index in [1.165, 1.54) is 10.3 Å². The van der Waals surface area contributed by atoms with Crippen molar-refractivity contribution >= 4 is 26.7 Å². The Morgan fingerprint density at radius 2 is 2.10 bits per heavy atom. The van der Waals surface area contributed by atoms with E-state index in [1.807, 2.05) is 0 Å². The van der Waals surface area contributed by atoms with Gasteiger partial charge in [-0.3, -0.25) is 4.79 Å². The van der Waals surface area contributed by atoms with Crippen molar-refractivity contribution in [3.8, 4) is 0 Å². The van der Waals surface area contributed by atoms with E-state index >= 15 is 0 Å². The van der Waals surface area contributed by atoms with Crippen molar-refractivity contribution in [1.82, 2.24) is 0 Å². The number of carbonyl (C=O) groups is 1. The minimum atomic E-state index is -1.12. The summed E-state index contributed by atoms with van der Waals surface area (Å²) in [5.41, 5.74) is -0.0741. The quantitative estimate of drug-likeness (QED) is 0.653. The number of aromatic carboxylic acids is 1. The first-order valence-corrected chi connectivity index (χ1v) is 4.61. The lowest BCUT2D eigenvalue weighted by Crippen LogP contribution is -2.08. The molecule has 1 heterocycles. The molecule has 54 valence electrons. The fourth-order valence-electron chi connectivity index (χ4n) is 0.565. The third kappa shape index (κ3) is 1.10. The van der Waals surface area contributed by atoms with Crippen LogP contribution in [0.1, 0.15) is 15.2 Å². The van der Waals surface area contributed by atoms with Gasteiger partial charge in [-0.2, -0.15) is 0 Å². The molecule has 1 aromatic heterocycles. The molecular formula is C5H4O3S2. The van der Waals surface area contributed by atoms with Gasteiger partial charge in [-0.05, 0) is 17.3 Å². The number of carboxylic acid groups (broad SMARTS) is 1. The zero-order chi connectivity index (χ0) is 7.72. The van der Waals surface area contributed by atoms with E-state index in [0.717, 1.165) is 10.3 Å². The second kappa shape index (κ2) is 2.51. The highest BCUT2D eigenvalue weighted by Gasteiger charge is 2.13. The fourth-order valence-corrected chi connectivity index (χ4v) is 2.52. The Morgan fingerprint density at radius 3 is 2.30 bits per heavy atom. The topological polar surface area (TPSA) is 54.4 Å². The maximum atomic E-state index is 10.7. The van der Waals surface area contributed by atoms with Crippen LogP contribution in [0.5, 0.6) is 0 Å². The molecule has 1 aromatic rings. The average Bonchev–Trinajstić information content (AvgIpc) is 2.11. The van der Waals surface area contributed by atoms with E-state index in [9.17, 15) is 9.59 Å². The number of aryl methyl sites for hydroxylation is 1. The van der Waals surface area contributed by atoms with Crippen LogP contribution in [-0.4, -0.2) is 11.1 Å². The summed E-state index contributed by atoms with van der Waals surface area (Å²) >= 11 is 0. The van der Waals surface area contributed by atoms with Crippen LogP contribution in [0.25, 0.3) is 0 Å². The van der Waals surface area contributed by atoms with Gasteiger partial charge in [-0.1, -0.05) is 10.3 Å².